The summed E-state index contributed by atoms with van der Waals surface area (Å²) in [6.07, 6.45) is 0. The molecule has 0 nitrogen and oxygen atoms in total. The maximum atomic E-state index is 4.76. The van der Waals surface area contributed by atoms with E-state index in [1.165, 1.54) is 0 Å². The zero-order valence-corrected chi connectivity index (χ0v) is 4.69. The van der Waals surface area contributed by atoms with Crippen molar-refractivity contribution in [2.45, 2.75) is 0 Å². The molecule has 0 fully saturated rings. The van der Waals surface area contributed by atoms with Crippen molar-refractivity contribution in [3.63, 3.8) is 0 Å². The second-order valence-electron chi connectivity index (χ2n) is 0.101. The molecule has 0 atom stereocenters. The van der Waals surface area contributed by atoms with Gasteiger partial charge in [0.15, 0.2) is 0 Å². The van der Waals surface area contributed by atoms with Gasteiger partial charge in [-0.2, -0.15) is 0 Å². The van der Waals surface area contributed by atoms with Gasteiger partial charge in [0.1, 0.15) is 0 Å². The fourth-order valence-electron chi connectivity index (χ4n) is 0. The molecule has 0 aromatic heterocycles. The van der Waals surface area contributed by atoms with Gasteiger partial charge in [0.25, 0.3) is 0 Å². The number of halogens is 5. The molecule has 7 heavy (non-hydrogen) atoms. The van der Waals surface area contributed by atoms with Gasteiger partial charge in [0.05, 0.1) is 5.34 Å². The zero-order valence-electron chi connectivity index (χ0n) is 3.17. The minimum absolute atomic E-state index is 0. The van der Waals surface area contributed by atoms with Gasteiger partial charge in [0.2, 0.25) is 0 Å². The van der Waals surface area contributed by atoms with E-state index in [4.69, 9.17) is 23.2 Å². The van der Waals surface area contributed by atoms with Gasteiger partial charge in [-0.25, -0.2) is 0 Å². The molecule has 0 aliphatic heterocycles. The third-order valence-corrected chi connectivity index (χ3v) is 0. The van der Waals surface area contributed by atoms with E-state index in [0.29, 0.717) is 0 Å². The Kier molecular flexibility index (Phi) is 685. The minimum Gasteiger partial charge on any atom is -1.00 e. The summed E-state index contributed by atoms with van der Waals surface area (Å²) < 4.78 is 0. The first-order chi connectivity index (χ1) is 1.41. The van der Waals surface area contributed by atoms with E-state index in [1.54, 1.807) is 0 Å². The SMILES string of the molecule is ClCCl.[B+3].[F-].[F-].[F-]. The van der Waals surface area contributed by atoms with Crippen molar-refractivity contribution in [3.8, 4) is 0 Å². The number of hydrogen-bond donors (Lipinski definition) is 0. The average Bonchev–Trinajstić information content (AvgIpc) is 0.918. The van der Waals surface area contributed by atoms with Crippen LogP contribution < -0.4 is 14.1 Å². The minimum atomic E-state index is 0. The molecule has 0 saturated carbocycles. The molecule has 0 aliphatic rings. The summed E-state index contributed by atoms with van der Waals surface area (Å²) in [4.78, 5) is 0. The predicted octanol–water partition coefficient (Wildman–Crippen LogP) is -7.95. The van der Waals surface area contributed by atoms with Gasteiger partial charge in [-0.1, -0.05) is 0 Å². The second-order valence-corrected chi connectivity index (χ2v) is 0.909. The van der Waals surface area contributed by atoms with Gasteiger partial charge in [0, 0.05) is 0 Å². The molecule has 0 aromatic rings. The van der Waals surface area contributed by atoms with Crippen LogP contribution in [0.2, 0.25) is 0 Å². The molecule has 0 unspecified atom stereocenters. The summed E-state index contributed by atoms with van der Waals surface area (Å²) >= 11 is 9.53. The first kappa shape index (κ1) is 51.9. The van der Waals surface area contributed by atoms with Crippen molar-refractivity contribution in [2.24, 2.45) is 0 Å². The van der Waals surface area contributed by atoms with Crippen LogP contribution in [-0.4, -0.2) is 13.8 Å². The molecule has 0 amide bonds. The van der Waals surface area contributed by atoms with Crippen molar-refractivity contribution in [1.82, 2.24) is 0 Å². The molecule has 0 rings (SSSR count). The smallest absolute Gasteiger partial charge is 1.00 e. The van der Waals surface area contributed by atoms with Crippen LogP contribution in [0.25, 0.3) is 0 Å². The zero-order chi connectivity index (χ0) is 2.71. The van der Waals surface area contributed by atoms with Gasteiger partial charge in [-0.15, -0.1) is 23.2 Å². The molecule has 0 radical (unpaired) electrons. The molecule has 6 heteroatoms. The summed E-state index contributed by atoms with van der Waals surface area (Å²) in [6, 6.07) is 0. The standard InChI is InChI=1S/CH2Cl2.B.3FH/c2-1-3;;;;/h1H2;;3*1H/q;+3;;;/p-3. The third-order valence-electron chi connectivity index (χ3n) is 0. The van der Waals surface area contributed by atoms with Gasteiger partial charge >= 0.3 is 8.41 Å². The molecular formula is CH2BCl2F3. The molecule has 0 aromatic carbocycles. The molecule has 0 bridgehead atoms. The van der Waals surface area contributed by atoms with Crippen molar-refractivity contribution in [1.29, 1.82) is 0 Å². The Morgan fingerprint density at radius 3 is 0.857 bits per heavy atom. The van der Waals surface area contributed by atoms with E-state index in [9.17, 15) is 0 Å². The van der Waals surface area contributed by atoms with E-state index >= 15 is 0 Å². The Morgan fingerprint density at radius 1 is 0.857 bits per heavy atom. The monoisotopic (exact) mass is 152 g/mol. The van der Waals surface area contributed by atoms with Crippen LogP contribution in [0.1, 0.15) is 0 Å². The molecule has 0 N–H and O–H groups in total. The fraction of sp³-hybridized carbons (Fsp3) is 1.00. The fourth-order valence-corrected chi connectivity index (χ4v) is 0. The largest absolute Gasteiger partial charge is 3.00 e. The molecule has 0 spiro atoms. The average molecular weight is 153 g/mol. The maximum Gasteiger partial charge on any atom is 3.00 e. The summed E-state index contributed by atoms with van der Waals surface area (Å²) in [7, 11) is 0. The third kappa shape index (κ3) is 669. The van der Waals surface area contributed by atoms with Crippen molar-refractivity contribution in [2.75, 3.05) is 5.34 Å². The van der Waals surface area contributed by atoms with E-state index < -0.39 is 0 Å². The first-order valence-corrected chi connectivity index (χ1v) is 1.60. The van der Waals surface area contributed by atoms with Crippen LogP contribution in [0.5, 0.6) is 0 Å². The first-order valence-electron chi connectivity index (χ1n) is 0.535. The molecule has 0 saturated heterocycles. The Bertz CT molecular complexity index is 12.9. The number of alkyl halides is 2. The summed E-state index contributed by atoms with van der Waals surface area (Å²) in [5.41, 5.74) is 0. The molecule has 0 aliphatic carbocycles. The van der Waals surface area contributed by atoms with Crippen LogP contribution >= 0.6 is 23.2 Å². The summed E-state index contributed by atoms with van der Waals surface area (Å²) in [6.45, 7) is 0. The van der Waals surface area contributed by atoms with Crippen molar-refractivity contribution in [3.05, 3.63) is 0 Å². The Labute approximate surface area is 51.9 Å². The van der Waals surface area contributed by atoms with Crippen LogP contribution in [-0.2, 0) is 0 Å². The topological polar surface area (TPSA) is 0 Å². The summed E-state index contributed by atoms with van der Waals surface area (Å²) in [5, 5.41) is 0.194. The van der Waals surface area contributed by atoms with Gasteiger partial charge in [-0.3, -0.25) is 0 Å². The van der Waals surface area contributed by atoms with E-state index in [-0.39, 0.29) is 27.9 Å². The normalized spacial score (nSPS) is 2.57. The van der Waals surface area contributed by atoms with E-state index in [0.717, 1.165) is 0 Å². The molecule has 44 valence electrons. The maximum absolute atomic E-state index is 4.76. The van der Waals surface area contributed by atoms with Crippen LogP contribution in [0.3, 0.4) is 0 Å². The van der Waals surface area contributed by atoms with Crippen molar-refractivity contribution >= 4 is 31.6 Å². The Morgan fingerprint density at radius 2 is 0.857 bits per heavy atom. The Balaban J connectivity index is -0.00000000333. The number of rotatable bonds is 0. The van der Waals surface area contributed by atoms with Crippen LogP contribution in [0.15, 0.2) is 0 Å². The quantitative estimate of drug-likeness (QED) is 0.239. The predicted molar refractivity (Wildman–Crippen MR) is 22.3 cm³/mol. The summed E-state index contributed by atoms with van der Waals surface area (Å²) in [5.74, 6) is 0. The second kappa shape index (κ2) is 92.3. The van der Waals surface area contributed by atoms with Crippen LogP contribution in [0, 0.1) is 0 Å². The molecular weight excluding hydrogens is 151 g/mol. The van der Waals surface area contributed by atoms with Crippen LogP contribution in [0.4, 0.5) is 0 Å². The van der Waals surface area contributed by atoms with E-state index in [2.05, 4.69) is 0 Å². The Hall–Kier alpha value is 0.435. The van der Waals surface area contributed by atoms with E-state index in [1.807, 2.05) is 0 Å². The van der Waals surface area contributed by atoms with Gasteiger partial charge < -0.3 is 14.1 Å². The molecule has 0 heterocycles. The van der Waals surface area contributed by atoms with Gasteiger partial charge in [-0.05, 0) is 0 Å². The number of hydrogen-bond acceptors (Lipinski definition) is 0. The van der Waals surface area contributed by atoms with Crippen molar-refractivity contribution < 1.29 is 14.1 Å².